The number of hydrogen-bond donors (Lipinski definition) is 1. The fourth-order valence-corrected chi connectivity index (χ4v) is 5.57. The Balaban J connectivity index is 1.56. The summed E-state index contributed by atoms with van der Waals surface area (Å²) in [5, 5.41) is 4.11. The van der Waals surface area contributed by atoms with Crippen LogP contribution in [0, 0.1) is 6.92 Å². The van der Waals surface area contributed by atoms with E-state index in [0.29, 0.717) is 23.1 Å². The number of thioether (sulfide) groups is 1. The number of thiophene rings is 1. The molecule has 3 heterocycles. The molecule has 6 nitrogen and oxygen atoms in total. The highest BCUT2D eigenvalue weighted by atomic mass is 32.2. The third-order valence-electron chi connectivity index (χ3n) is 5.06. The second-order valence-electron chi connectivity index (χ2n) is 7.18. The zero-order chi connectivity index (χ0) is 22.9. The Morgan fingerprint density at radius 2 is 2.12 bits per heavy atom. The molecule has 0 bridgehead atoms. The van der Waals surface area contributed by atoms with E-state index in [1.54, 1.807) is 26.2 Å². The molecule has 0 spiro atoms. The summed E-state index contributed by atoms with van der Waals surface area (Å²) in [6, 6.07) is 8.17. The molecule has 32 heavy (non-hydrogen) atoms. The second kappa shape index (κ2) is 8.97. The Morgan fingerprint density at radius 1 is 1.31 bits per heavy atom. The van der Waals surface area contributed by atoms with Crippen molar-refractivity contribution in [2.45, 2.75) is 23.7 Å². The fourth-order valence-electron chi connectivity index (χ4n) is 3.43. The number of nitrogens with zero attached hydrogens (tertiary/aromatic N) is 2. The van der Waals surface area contributed by atoms with Crippen LogP contribution >= 0.6 is 23.1 Å². The lowest BCUT2D eigenvalue weighted by Gasteiger charge is -2.38. The van der Waals surface area contributed by atoms with E-state index in [1.165, 1.54) is 23.9 Å². The third kappa shape index (κ3) is 4.34. The highest BCUT2D eigenvalue weighted by Gasteiger charge is 2.59. The maximum atomic E-state index is 13.8. The van der Waals surface area contributed by atoms with E-state index < -0.39 is 11.8 Å². The molecule has 0 radical (unpaired) electrons. The first-order valence-electron chi connectivity index (χ1n) is 9.73. The lowest BCUT2D eigenvalue weighted by Crippen LogP contribution is -2.55. The number of aromatic nitrogens is 2. The lowest BCUT2D eigenvalue weighted by atomic mass is 9.99. The molecule has 0 saturated carbocycles. The molecule has 1 aliphatic rings. The molecule has 0 unspecified atom stereocenters. The fraction of sp³-hybridized carbons (Fsp3) is 0.381. The molecule has 1 aliphatic heterocycles. The van der Waals surface area contributed by atoms with Crippen LogP contribution in [0.1, 0.15) is 20.4 Å². The average molecular weight is 484 g/mol. The molecule has 0 amide bonds. The van der Waals surface area contributed by atoms with Gasteiger partial charge < -0.3 is 14.8 Å². The van der Waals surface area contributed by atoms with Gasteiger partial charge in [-0.05, 0) is 37.3 Å². The van der Waals surface area contributed by atoms with Crippen molar-refractivity contribution in [3.63, 3.8) is 0 Å². The number of benzene rings is 1. The van der Waals surface area contributed by atoms with Crippen molar-refractivity contribution in [2.24, 2.45) is 0 Å². The van der Waals surface area contributed by atoms with Crippen LogP contribution in [0.15, 0.2) is 35.4 Å². The molecular weight excluding hydrogens is 463 g/mol. The number of ether oxygens (including phenoxy) is 2. The number of Topliss-reactive ketones (excluding diaryl/α,β-unsaturated/α-hetero) is 1. The second-order valence-corrected chi connectivity index (χ2v) is 9.23. The summed E-state index contributed by atoms with van der Waals surface area (Å²) in [4.78, 5) is 21.8. The predicted molar refractivity (Wildman–Crippen MR) is 117 cm³/mol. The zero-order valence-electron chi connectivity index (χ0n) is 17.3. The van der Waals surface area contributed by atoms with Gasteiger partial charge in [0.1, 0.15) is 16.6 Å². The molecule has 0 aliphatic carbocycles. The van der Waals surface area contributed by atoms with Gasteiger partial charge in [-0.1, -0.05) is 11.8 Å². The first-order valence-corrected chi connectivity index (χ1v) is 11.5. The van der Waals surface area contributed by atoms with Gasteiger partial charge in [0.2, 0.25) is 5.60 Å². The molecule has 170 valence electrons. The number of ketones is 1. The van der Waals surface area contributed by atoms with Crippen molar-refractivity contribution in [1.82, 2.24) is 15.3 Å². The normalized spacial score (nSPS) is 19.3. The van der Waals surface area contributed by atoms with Crippen molar-refractivity contribution >= 4 is 39.8 Å². The smallest absolute Gasteiger partial charge is 0.423 e. The molecule has 1 saturated heterocycles. The SMILES string of the molecule is COc1ccc2nc(C)nc(SCC(=O)c3ccc([C@@]4(C(F)(F)F)CNCCO4)s3)c2c1. The monoisotopic (exact) mass is 483 g/mol. The number of fused-ring (bicyclic) bond motifs is 1. The Morgan fingerprint density at radius 3 is 2.81 bits per heavy atom. The summed E-state index contributed by atoms with van der Waals surface area (Å²) in [5.74, 6) is 0.949. The maximum Gasteiger partial charge on any atom is 0.423 e. The van der Waals surface area contributed by atoms with Gasteiger partial charge in [-0.2, -0.15) is 13.2 Å². The van der Waals surface area contributed by atoms with Crippen LogP contribution in [0.5, 0.6) is 5.75 Å². The van der Waals surface area contributed by atoms with Crippen LogP contribution in [-0.2, 0) is 10.3 Å². The molecule has 1 fully saturated rings. The number of halogens is 3. The Labute approximate surface area is 190 Å². The Hall–Kier alpha value is -2.21. The highest BCUT2D eigenvalue weighted by Crippen LogP contribution is 2.45. The number of nitrogens with one attached hydrogen (secondary N) is 1. The molecule has 1 atom stereocenters. The maximum absolute atomic E-state index is 13.8. The average Bonchev–Trinajstić information content (AvgIpc) is 3.27. The van der Waals surface area contributed by atoms with Crippen molar-refractivity contribution in [3.8, 4) is 5.75 Å². The Bertz CT molecular complexity index is 1140. The van der Waals surface area contributed by atoms with Crippen LogP contribution in [0.3, 0.4) is 0 Å². The van der Waals surface area contributed by atoms with E-state index in [1.807, 2.05) is 6.07 Å². The number of alkyl halides is 3. The summed E-state index contributed by atoms with van der Waals surface area (Å²) in [6.07, 6.45) is -4.60. The van der Waals surface area contributed by atoms with E-state index in [4.69, 9.17) is 9.47 Å². The minimum atomic E-state index is -4.60. The topological polar surface area (TPSA) is 73.3 Å². The quantitative estimate of drug-likeness (QED) is 0.317. The van der Waals surface area contributed by atoms with E-state index in [9.17, 15) is 18.0 Å². The van der Waals surface area contributed by atoms with Gasteiger partial charge in [0, 0.05) is 23.4 Å². The van der Waals surface area contributed by atoms with Gasteiger partial charge in [0.25, 0.3) is 0 Å². The standard InChI is InChI=1S/C21H20F3N3O3S2/c1-12-26-15-4-3-13(29-2)9-14(15)19(27-12)31-10-16(28)17-5-6-18(32-17)20(21(22,23)24)11-25-7-8-30-20/h3-6,9,25H,7-8,10-11H2,1-2H3/t20-/m1/s1. The summed E-state index contributed by atoms with van der Waals surface area (Å²) in [6.45, 7) is 1.67. The number of morpholine rings is 1. The summed E-state index contributed by atoms with van der Waals surface area (Å²) in [5.41, 5.74) is -1.71. The molecule has 11 heteroatoms. The minimum absolute atomic E-state index is 0.0286. The van der Waals surface area contributed by atoms with Crippen LogP contribution in [0.2, 0.25) is 0 Å². The summed E-state index contributed by atoms with van der Waals surface area (Å²) in [7, 11) is 1.56. The molecule has 1 N–H and O–H groups in total. The highest BCUT2D eigenvalue weighted by molar-refractivity contribution is 8.00. The lowest BCUT2D eigenvalue weighted by molar-refractivity contribution is -0.288. The number of carbonyl (C=O) groups excluding carboxylic acids is 1. The van der Waals surface area contributed by atoms with Crippen LogP contribution < -0.4 is 10.1 Å². The van der Waals surface area contributed by atoms with Crippen molar-refractivity contribution in [3.05, 3.63) is 45.9 Å². The van der Waals surface area contributed by atoms with Crippen molar-refractivity contribution in [1.29, 1.82) is 0 Å². The van der Waals surface area contributed by atoms with Gasteiger partial charge in [-0.3, -0.25) is 4.79 Å². The molecule has 4 rings (SSSR count). The zero-order valence-corrected chi connectivity index (χ0v) is 18.9. The van der Waals surface area contributed by atoms with E-state index >= 15 is 0 Å². The van der Waals surface area contributed by atoms with Gasteiger partial charge >= 0.3 is 6.18 Å². The molecule has 1 aromatic carbocycles. The first kappa shape index (κ1) is 23.0. The molecular formula is C21H20F3N3O3S2. The van der Waals surface area contributed by atoms with E-state index in [-0.39, 0.29) is 34.4 Å². The summed E-state index contributed by atoms with van der Waals surface area (Å²) < 4.78 is 52.0. The van der Waals surface area contributed by atoms with E-state index in [2.05, 4.69) is 15.3 Å². The third-order valence-corrected chi connectivity index (χ3v) is 7.32. The molecule has 2 aromatic heterocycles. The van der Waals surface area contributed by atoms with E-state index in [0.717, 1.165) is 22.2 Å². The number of carbonyl (C=O) groups is 1. The number of aryl methyl sites for hydroxylation is 1. The van der Waals surface area contributed by atoms with Crippen molar-refractivity contribution < 1.29 is 27.4 Å². The number of rotatable bonds is 6. The largest absolute Gasteiger partial charge is 0.497 e. The van der Waals surface area contributed by atoms with Crippen LogP contribution in [-0.4, -0.2) is 54.5 Å². The van der Waals surface area contributed by atoms with Crippen LogP contribution in [0.4, 0.5) is 13.2 Å². The van der Waals surface area contributed by atoms with Crippen LogP contribution in [0.25, 0.3) is 10.9 Å². The van der Waals surface area contributed by atoms with Gasteiger partial charge in [0.15, 0.2) is 5.78 Å². The molecule has 3 aromatic rings. The van der Waals surface area contributed by atoms with Gasteiger partial charge in [0.05, 0.1) is 29.9 Å². The number of hydrogen-bond acceptors (Lipinski definition) is 8. The number of methoxy groups -OCH3 is 1. The Kier molecular flexibility index (Phi) is 6.44. The van der Waals surface area contributed by atoms with Gasteiger partial charge in [-0.25, -0.2) is 9.97 Å². The summed E-state index contributed by atoms with van der Waals surface area (Å²) >= 11 is 2.04. The predicted octanol–water partition coefficient (Wildman–Crippen LogP) is 4.36. The first-order chi connectivity index (χ1) is 15.2. The minimum Gasteiger partial charge on any atom is -0.497 e. The van der Waals surface area contributed by atoms with Crippen molar-refractivity contribution in [2.75, 3.05) is 32.6 Å². The van der Waals surface area contributed by atoms with Gasteiger partial charge in [-0.15, -0.1) is 11.3 Å².